The van der Waals surface area contributed by atoms with Crippen molar-refractivity contribution in [2.45, 2.75) is 21.3 Å². The zero-order valence-corrected chi connectivity index (χ0v) is 28.9. The van der Waals surface area contributed by atoms with Crippen LogP contribution in [0.25, 0.3) is 0 Å². The summed E-state index contributed by atoms with van der Waals surface area (Å²) in [5.74, 6) is 0. The molecule has 0 heterocycles. The summed E-state index contributed by atoms with van der Waals surface area (Å²) in [7, 11) is 8.51. The molecule has 0 atom stereocenters. The van der Waals surface area contributed by atoms with Gasteiger partial charge in [0.15, 0.2) is 0 Å². The number of rotatable bonds is 10. The van der Waals surface area contributed by atoms with Crippen LogP contribution in [0.4, 0.5) is 56.9 Å². The van der Waals surface area contributed by atoms with E-state index in [0.29, 0.717) is 0 Å². The van der Waals surface area contributed by atoms with Gasteiger partial charge in [-0.2, -0.15) is 0 Å². The van der Waals surface area contributed by atoms with Gasteiger partial charge in [0, 0.05) is 69.8 Å². The summed E-state index contributed by atoms with van der Waals surface area (Å²) in [5, 5.41) is 13.7. The zero-order valence-electron chi connectivity index (χ0n) is 28.9. The fourth-order valence-electron chi connectivity index (χ4n) is 4.99. The number of nitrogens with one attached hydrogen (secondary N) is 6. The lowest BCUT2D eigenvalue weighted by Crippen LogP contribution is -3.00. The molecule has 0 amide bonds. The van der Waals surface area contributed by atoms with Crippen LogP contribution in [-0.4, -0.2) is 28.2 Å². The van der Waals surface area contributed by atoms with E-state index in [0.717, 1.165) is 45.5 Å². The quantitative estimate of drug-likeness (QED) is 0.0894. The molecule has 0 radical (unpaired) electrons. The topological polar surface area (TPSA) is 57.0 Å². The van der Waals surface area contributed by atoms with E-state index in [9.17, 15) is 0 Å². The highest BCUT2D eigenvalue weighted by atomic mass is 15.1. The maximum Gasteiger partial charge on any atom is 0.130 e. The van der Waals surface area contributed by atoms with Gasteiger partial charge in [-0.05, 0) is 111 Å². The summed E-state index contributed by atoms with van der Waals surface area (Å²) < 4.78 is 0. The molecule has 0 aliphatic rings. The summed E-state index contributed by atoms with van der Waals surface area (Å²) in [6.45, 7) is 4.19. The highest BCUT2D eigenvalue weighted by Gasteiger charge is 2.03. The maximum absolute atomic E-state index is 3.44. The van der Waals surface area contributed by atoms with E-state index in [1.54, 1.807) is 0 Å². The van der Waals surface area contributed by atoms with Crippen LogP contribution in [0.2, 0.25) is 0 Å². The molecule has 6 N–H and O–H groups in total. The first kappa shape index (κ1) is 36.3. The number of quaternary nitrogens is 2. The summed E-state index contributed by atoms with van der Waals surface area (Å²) in [4.78, 5) is 2.65. The SMILES string of the molecule is C.C[NH+](C)c1ccc(Nc2ccc(Nc3ccc([NH+](C)C)cc3)cc2)cc1.Cc1ccc(Nc2ccc(Nc3ccc(C)cc3)cc2)cc1. The molecule has 0 saturated carbocycles. The van der Waals surface area contributed by atoms with Gasteiger partial charge in [-0.15, -0.1) is 0 Å². The van der Waals surface area contributed by atoms with Crippen molar-refractivity contribution in [2.24, 2.45) is 0 Å². The average Bonchev–Trinajstić information content (AvgIpc) is 3.09. The van der Waals surface area contributed by atoms with E-state index < -0.39 is 0 Å². The highest BCUT2D eigenvalue weighted by molar-refractivity contribution is 5.68. The minimum Gasteiger partial charge on any atom is -0.356 e. The summed E-state index contributed by atoms with van der Waals surface area (Å²) in [6.07, 6.45) is 0. The van der Waals surface area contributed by atoms with E-state index in [2.05, 4.69) is 209 Å². The van der Waals surface area contributed by atoms with Gasteiger partial charge in [-0.1, -0.05) is 42.8 Å². The van der Waals surface area contributed by atoms with Gasteiger partial charge in [-0.3, -0.25) is 0 Å². The van der Waals surface area contributed by atoms with E-state index in [4.69, 9.17) is 0 Å². The fraction of sp³-hybridized carbons (Fsp3) is 0.163. The van der Waals surface area contributed by atoms with Crippen LogP contribution in [0.5, 0.6) is 0 Å². The van der Waals surface area contributed by atoms with Gasteiger partial charge in [0.1, 0.15) is 11.4 Å². The lowest BCUT2D eigenvalue weighted by atomic mass is 10.2. The van der Waals surface area contributed by atoms with Crippen molar-refractivity contribution < 1.29 is 9.80 Å². The smallest absolute Gasteiger partial charge is 0.130 e. The van der Waals surface area contributed by atoms with E-state index >= 15 is 0 Å². The first-order valence-electron chi connectivity index (χ1n) is 16.4. The molecular formula is C43H52N6+2. The largest absolute Gasteiger partial charge is 0.356 e. The molecule has 0 aliphatic heterocycles. The standard InChI is InChI=1S/C22H26N4.C20H20N2.CH4/c1-25(2)21-13-9-19(10-14-21)23-17-5-7-18(8-6-17)24-20-11-15-22(16-12-20)26(3)4;1-15-3-7-17(8-4-15)21-19-11-13-20(14-12-19)22-18-9-5-16(2)6-10-18;/h5-16,23-24H,1-4H3;3-14,21-22H,1-2H3;1H4/p+2. The number of hydrogen-bond acceptors (Lipinski definition) is 4. The van der Waals surface area contributed by atoms with Crippen molar-refractivity contribution in [3.63, 3.8) is 0 Å². The third kappa shape index (κ3) is 11.3. The van der Waals surface area contributed by atoms with Crippen LogP contribution in [0.15, 0.2) is 146 Å². The molecule has 0 fully saturated rings. The average molecular weight is 653 g/mol. The normalized spacial score (nSPS) is 10.4. The Balaban J connectivity index is 0.000000219. The molecule has 6 rings (SSSR count). The van der Waals surface area contributed by atoms with Gasteiger partial charge >= 0.3 is 0 Å². The van der Waals surface area contributed by atoms with Crippen molar-refractivity contribution in [1.82, 2.24) is 0 Å². The Morgan fingerprint density at radius 3 is 0.633 bits per heavy atom. The fourth-order valence-corrected chi connectivity index (χ4v) is 4.99. The van der Waals surface area contributed by atoms with Crippen molar-refractivity contribution in [3.05, 3.63) is 157 Å². The second kappa shape index (κ2) is 17.6. The molecule has 0 spiro atoms. The molecule has 6 nitrogen and oxygen atoms in total. The molecule has 0 bridgehead atoms. The lowest BCUT2D eigenvalue weighted by molar-refractivity contribution is -0.786. The van der Waals surface area contributed by atoms with Crippen LogP contribution in [-0.2, 0) is 0 Å². The Morgan fingerprint density at radius 1 is 0.286 bits per heavy atom. The molecule has 0 saturated heterocycles. The van der Waals surface area contributed by atoms with Crippen LogP contribution >= 0.6 is 0 Å². The van der Waals surface area contributed by atoms with Crippen LogP contribution in [0.3, 0.4) is 0 Å². The molecular weight excluding hydrogens is 601 g/mol. The molecule has 6 aromatic carbocycles. The molecule has 49 heavy (non-hydrogen) atoms. The first-order valence-corrected chi connectivity index (χ1v) is 16.4. The van der Waals surface area contributed by atoms with Crippen LogP contribution in [0, 0.1) is 13.8 Å². The minimum atomic E-state index is 0. The highest BCUT2D eigenvalue weighted by Crippen LogP contribution is 2.24. The summed E-state index contributed by atoms with van der Waals surface area (Å²) in [6, 6.07) is 50.5. The van der Waals surface area contributed by atoms with Crippen molar-refractivity contribution in [1.29, 1.82) is 0 Å². The van der Waals surface area contributed by atoms with Crippen molar-refractivity contribution in [3.8, 4) is 0 Å². The predicted molar refractivity (Wildman–Crippen MR) is 213 cm³/mol. The van der Waals surface area contributed by atoms with Crippen molar-refractivity contribution in [2.75, 3.05) is 49.5 Å². The molecule has 0 aromatic heterocycles. The van der Waals surface area contributed by atoms with Crippen molar-refractivity contribution >= 4 is 56.9 Å². The Kier molecular flexibility index (Phi) is 13.0. The van der Waals surface area contributed by atoms with Crippen LogP contribution < -0.4 is 31.1 Å². The third-order valence-electron chi connectivity index (χ3n) is 7.95. The second-order valence-electron chi connectivity index (χ2n) is 12.5. The van der Waals surface area contributed by atoms with Gasteiger partial charge < -0.3 is 31.1 Å². The molecule has 6 aromatic rings. The molecule has 0 aliphatic carbocycles. The molecule has 6 heteroatoms. The lowest BCUT2D eigenvalue weighted by Gasteiger charge is -2.11. The zero-order chi connectivity index (χ0) is 33.9. The molecule has 0 unspecified atom stereocenters. The first-order chi connectivity index (χ1) is 23.2. The number of benzene rings is 6. The van der Waals surface area contributed by atoms with E-state index in [1.807, 2.05) is 0 Å². The second-order valence-corrected chi connectivity index (χ2v) is 12.5. The molecule has 252 valence electrons. The predicted octanol–water partition coefficient (Wildman–Crippen LogP) is 9.15. The third-order valence-corrected chi connectivity index (χ3v) is 7.95. The Labute approximate surface area is 293 Å². The van der Waals surface area contributed by atoms with Gasteiger partial charge in [-0.25, -0.2) is 0 Å². The summed E-state index contributed by atoms with van der Waals surface area (Å²) in [5.41, 5.74) is 13.8. The minimum absolute atomic E-state index is 0. The maximum atomic E-state index is 3.44. The van der Waals surface area contributed by atoms with E-state index in [1.165, 1.54) is 32.3 Å². The van der Waals surface area contributed by atoms with Gasteiger partial charge in [0.2, 0.25) is 0 Å². The Morgan fingerprint density at radius 2 is 0.449 bits per heavy atom. The number of anilines is 8. The van der Waals surface area contributed by atoms with Gasteiger partial charge in [0.25, 0.3) is 0 Å². The number of hydrogen-bond donors (Lipinski definition) is 6. The van der Waals surface area contributed by atoms with Gasteiger partial charge in [0.05, 0.1) is 28.2 Å². The summed E-state index contributed by atoms with van der Waals surface area (Å²) >= 11 is 0. The Hall–Kier alpha value is -5.56. The number of aryl methyl sites for hydroxylation is 2. The monoisotopic (exact) mass is 652 g/mol. The Bertz CT molecular complexity index is 1690. The van der Waals surface area contributed by atoms with Crippen LogP contribution in [0.1, 0.15) is 18.6 Å². The van der Waals surface area contributed by atoms with E-state index in [-0.39, 0.29) is 7.43 Å².